The van der Waals surface area contributed by atoms with Crippen LogP contribution in [0.2, 0.25) is 0 Å². The fourth-order valence-electron chi connectivity index (χ4n) is 1.73. The maximum absolute atomic E-state index is 10.8. The molecule has 6 nitrogen and oxygen atoms in total. The summed E-state index contributed by atoms with van der Waals surface area (Å²) in [6.45, 7) is 2.81. The molecule has 1 aromatic carbocycles. The minimum absolute atomic E-state index is 0.0148. The molecule has 7 heteroatoms. The van der Waals surface area contributed by atoms with Crippen molar-refractivity contribution in [2.45, 2.75) is 19.4 Å². The van der Waals surface area contributed by atoms with E-state index in [1.54, 1.807) is 0 Å². The molecule has 0 fully saturated rings. The summed E-state index contributed by atoms with van der Waals surface area (Å²) in [7, 11) is 0. The smallest absolute Gasteiger partial charge is 0.238 e. The zero-order valence-electron chi connectivity index (χ0n) is 11.1. The quantitative estimate of drug-likeness (QED) is 0.827. The highest BCUT2D eigenvalue weighted by Crippen LogP contribution is 2.17. The lowest BCUT2D eigenvalue weighted by Crippen LogP contribution is -2.33. The number of nitrogens with zero attached hydrogens (tertiary/aromatic N) is 3. The van der Waals surface area contributed by atoms with Crippen LogP contribution in [0.1, 0.15) is 13.3 Å². The van der Waals surface area contributed by atoms with Gasteiger partial charge in [0.15, 0.2) is 0 Å². The summed E-state index contributed by atoms with van der Waals surface area (Å²) < 4.78 is 1.01. The topological polar surface area (TPSA) is 78.2 Å². The first kappa shape index (κ1) is 14.6. The van der Waals surface area contributed by atoms with Gasteiger partial charge >= 0.3 is 0 Å². The van der Waals surface area contributed by atoms with E-state index >= 15 is 0 Å². The lowest BCUT2D eigenvalue weighted by atomic mass is 10.2. The van der Waals surface area contributed by atoms with E-state index in [1.165, 1.54) is 6.92 Å². The van der Waals surface area contributed by atoms with Crippen LogP contribution >= 0.6 is 15.9 Å². The van der Waals surface area contributed by atoms with E-state index in [-0.39, 0.29) is 11.9 Å². The molecular weight excluding hydrogens is 322 g/mol. The summed E-state index contributed by atoms with van der Waals surface area (Å²) in [5, 5.41) is 14.1. The fraction of sp³-hybridized carbons (Fsp3) is 0.385. The lowest BCUT2D eigenvalue weighted by molar-refractivity contribution is -0.118. The number of hydrogen-bond donors (Lipinski definition) is 2. The van der Waals surface area contributed by atoms with E-state index in [4.69, 9.17) is 0 Å². The maximum atomic E-state index is 10.8. The predicted molar refractivity (Wildman–Crippen MR) is 81.2 cm³/mol. The number of aliphatic imine (C=N–C) groups is 1. The van der Waals surface area contributed by atoms with Gasteiger partial charge in [0.05, 0.1) is 18.3 Å². The van der Waals surface area contributed by atoms with E-state index in [2.05, 4.69) is 41.8 Å². The van der Waals surface area contributed by atoms with Gasteiger partial charge in [-0.2, -0.15) is 0 Å². The normalized spacial score (nSPS) is 17.9. The number of benzene rings is 1. The molecule has 0 radical (unpaired) electrons. The minimum Gasteiger partial charge on any atom is -0.356 e. The molecule has 0 spiro atoms. The molecule has 0 aromatic heterocycles. The van der Waals surface area contributed by atoms with Crippen molar-refractivity contribution in [2.24, 2.45) is 15.2 Å². The van der Waals surface area contributed by atoms with Crippen LogP contribution in [0, 0.1) is 0 Å². The van der Waals surface area contributed by atoms with Gasteiger partial charge in [0.2, 0.25) is 11.9 Å². The van der Waals surface area contributed by atoms with E-state index in [1.807, 2.05) is 24.3 Å². The molecule has 0 aliphatic carbocycles. The van der Waals surface area contributed by atoms with Gasteiger partial charge in [-0.05, 0) is 30.7 Å². The Morgan fingerprint density at radius 2 is 2.20 bits per heavy atom. The first-order valence-electron chi connectivity index (χ1n) is 6.36. The van der Waals surface area contributed by atoms with Gasteiger partial charge in [-0.25, -0.2) is 4.99 Å². The van der Waals surface area contributed by atoms with Crippen LogP contribution in [0.5, 0.6) is 0 Å². The number of hydrogen-bond acceptors (Lipinski definition) is 5. The minimum atomic E-state index is -0.0148. The number of carbonyl (C=O) groups is 1. The molecule has 2 N–H and O–H groups in total. The van der Waals surface area contributed by atoms with Crippen LogP contribution in [0.4, 0.5) is 5.69 Å². The second kappa shape index (κ2) is 7.14. The molecule has 1 aromatic rings. The summed E-state index contributed by atoms with van der Waals surface area (Å²) in [5.74, 6) is 0.528. The Morgan fingerprint density at radius 1 is 1.45 bits per heavy atom. The van der Waals surface area contributed by atoms with Gasteiger partial charge in [0.25, 0.3) is 0 Å². The van der Waals surface area contributed by atoms with Gasteiger partial charge < -0.3 is 10.6 Å². The van der Waals surface area contributed by atoms with Gasteiger partial charge in [-0.3, -0.25) is 4.79 Å². The van der Waals surface area contributed by atoms with E-state index < -0.39 is 0 Å². The standard InChI is InChI=1S/C13H16BrN5O/c1-9(20)15-7-6-12-8-16-13(17-12)19-18-11-4-2-10(14)3-5-11/h2-5,12H,6-8H2,1H3,(H,15,20)(H,16,17). The molecule has 0 saturated carbocycles. The highest BCUT2D eigenvalue weighted by atomic mass is 79.9. The molecular formula is C13H16BrN5O. The van der Waals surface area contributed by atoms with Crippen molar-refractivity contribution >= 4 is 33.5 Å². The third kappa shape index (κ3) is 4.73. The average molecular weight is 338 g/mol. The summed E-state index contributed by atoms with van der Waals surface area (Å²) in [6.07, 6.45) is 0.820. The number of azo groups is 1. The largest absolute Gasteiger partial charge is 0.356 e. The summed E-state index contributed by atoms with van der Waals surface area (Å²) in [5.41, 5.74) is 0.777. The van der Waals surface area contributed by atoms with Crippen LogP contribution in [0.3, 0.4) is 0 Å². The van der Waals surface area contributed by atoms with E-state index in [0.717, 1.165) is 16.6 Å². The van der Waals surface area contributed by atoms with E-state index in [9.17, 15) is 4.79 Å². The van der Waals surface area contributed by atoms with Crippen molar-refractivity contribution in [3.63, 3.8) is 0 Å². The summed E-state index contributed by atoms with van der Waals surface area (Å²) in [4.78, 5) is 15.0. The van der Waals surface area contributed by atoms with Crippen molar-refractivity contribution < 1.29 is 4.79 Å². The molecule has 106 valence electrons. The third-order valence-corrected chi connectivity index (χ3v) is 3.28. The maximum Gasteiger partial charge on any atom is 0.238 e. The second-order valence-corrected chi connectivity index (χ2v) is 5.37. The van der Waals surface area contributed by atoms with Gasteiger partial charge in [-0.1, -0.05) is 15.9 Å². The zero-order valence-corrected chi connectivity index (χ0v) is 12.7. The van der Waals surface area contributed by atoms with Crippen LogP contribution in [-0.4, -0.2) is 31.0 Å². The summed E-state index contributed by atoms with van der Waals surface area (Å²) in [6, 6.07) is 7.78. The van der Waals surface area contributed by atoms with E-state index in [0.29, 0.717) is 19.0 Å². The number of carbonyl (C=O) groups excluding carboxylic acids is 1. The van der Waals surface area contributed by atoms with Gasteiger partial charge in [-0.15, -0.1) is 10.2 Å². The number of guanidine groups is 1. The Bertz CT molecular complexity index is 526. The van der Waals surface area contributed by atoms with Crippen molar-refractivity contribution in [3.8, 4) is 0 Å². The molecule has 1 unspecified atom stereocenters. The molecule has 1 amide bonds. The number of amides is 1. The zero-order chi connectivity index (χ0) is 14.4. The third-order valence-electron chi connectivity index (χ3n) is 2.75. The van der Waals surface area contributed by atoms with Crippen molar-refractivity contribution in [2.75, 3.05) is 13.1 Å². The first-order chi connectivity index (χ1) is 9.63. The molecule has 0 saturated heterocycles. The Balaban J connectivity index is 1.78. The van der Waals surface area contributed by atoms with Gasteiger partial charge in [0.1, 0.15) is 0 Å². The predicted octanol–water partition coefficient (Wildman–Crippen LogP) is 2.39. The first-order valence-corrected chi connectivity index (χ1v) is 7.15. The van der Waals surface area contributed by atoms with Crippen molar-refractivity contribution in [3.05, 3.63) is 28.7 Å². The van der Waals surface area contributed by atoms with Crippen LogP contribution < -0.4 is 10.6 Å². The lowest BCUT2D eigenvalue weighted by Gasteiger charge is -2.09. The Labute approximate surface area is 125 Å². The number of rotatable bonds is 4. The molecule has 2 rings (SSSR count). The Kier molecular flexibility index (Phi) is 5.23. The Hall–Kier alpha value is -1.76. The van der Waals surface area contributed by atoms with Crippen molar-refractivity contribution in [1.82, 2.24) is 10.6 Å². The highest BCUT2D eigenvalue weighted by molar-refractivity contribution is 9.10. The van der Waals surface area contributed by atoms with Gasteiger partial charge in [0, 0.05) is 17.9 Å². The molecule has 1 heterocycles. The van der Waals surface area contributed by atoms with Crippen LogP contribution in [0.25, 0.3) is 0 Å². The second-order valence-electron chi connectivity index (χ2n) is 4.45. The average Bonchev–Trinajstić information content (AvgIpc) is 2.86. The molecule has 1 aliphatic rings. The van der Waals surface area contributed by atoms with Crippen LogP contribution in [-0.2, 0) is 4.79 Å². The molecule has 20 heavy (non-hydrogen) atoms. The van der Waals surface area contributed by atoms with Crippen molar-refractivity contribution in [1.29, 1.82) is 0 Å². The fourth-order valence-corrected chi connectivity index (χ4v) is 1.99. The highest BCUT2D eigenvalue weighted by Gasteiger charge is 2.16. The number of nitrogens with one attached hydrogen (secondary N) is 2. The molecule has 1 aliphatic heterocycles. The number of halogens is 1. The summed E-state index contributed by atoms with van der Waals surface area (Å²) >= 11 is 3.37. The monoisotopic (exact) mass is 337 g/mol. The molecule has 1 atom stereocenters. The van der Waals surface area contributed by atoms with Crippen LogP contribution in [0.15, 0.2) is 44.0 Å². The molecule has 0 bridgehead atoms. The SMILES string of the molecule is CC(=O)NCCC1CN=C(N=Nc2ccc(Br)cc2)N1. The Morgan fingerprint density at radius 3 is 2.90 bits per heavy atom.